The van der Waals surface area contributed by atoms with Gasteiger partial charge in [0.2, 0.25) is 5.88 Å². The van der Waals surface area contributed by atoms with E-state index < -0.39 is 0 Å². The molecule has 170 valence electrons. The number of hydrogen-bond donors (Lipinski definition) is 2. The molecule has 1 aliphatic carbocycles. The number of rotatable bonds is 7. The smallest absolute Gasteiger partial charge is 0.252 e. The van der Waals surface area contributed by atoms with E-state index in [4.69, 9.17) is 5.26 Å². The zero-order valence-corrected chi connectivity index (χ0v) is 18.8. The molecule has 8 heteroatoms. The molecule has 8 nitrogen and oxygen atoms in total. The van der Waals surface area contributed by atoms with Crippen molar-refractivity contribution in [2.75, 3.05) is 26.2 Å². The first-order chi connectivity index (χ1) is 16.1. The monoisotopic (exact) mass is 444 g/mol. The second-order valence-corrected chi connectivity index (χ2v) is 8.36. The van der Waals surface area contributed by atoms with Crippen molar-refractivity contribution in [2.45, 2.75) is 32.6 Å². The van der Waals surface area contributed by atoms with Crippen molar-refractivity contribution in [2.24, 2.45) is 0 Å². The Bertz CT molecular complexity index is 1140. The summed E-state index contributed by atoms with van der Waals surface area (Å²) < 4.78 is 1.34. The quantitative estimate of drug-likeness (QED) is 0.634. The molecule has 0 atom stereocenters. The van der Waals surface area contributed by atoms with Gasteiger partial charge in [0.1, 0.15) is 0 Å². The number of aromatic nitrogens is 3. The lowest BCUT2D eigenvalue weighted by molar-refractivity contribution is 0.0951. The molecular weight excluding hydrogens is 416 g/mol. The first-order valence-electron chi connectivity index (χ1n) is 11.3. The van der Waals surface area contributed by atoms with Crippen LogP contribution in [0.3, 0.4) is 0 Å². The zero-order chi connectivity index (χ0) is 23.2. The number of hydrogen-bond acceptors (Lipinski definition) is 6. The number of pyridine rings is 1. The lowest BCUT2D eigenvalue weighted by atomic mass is 10.0. The largest absolute Gasteiger partial charge is 0.493 e. The lowest BCUT2D eigenvalue weighted by Crippen LogP contribution is -2.28. The second-order valence-electron chi connectivity index (χ2n) is 8.36. The Morgan fingerprint density at radius 2 is 2.06 bits per heavy atom. The van der Waals surface area contributed by atoms with E-state index in [1.165, 1.54) is 23.7 Å². The number of aromatic hydroxyl groups is 1. The molecule has 2 aliphatic rings. The van der Waals surface area contributed by atoms with Gasteiger partial charge in [0.25, 0.3) is 5.91 Å². The maximum Gasteiger partial charge on any atom is 0.252 e. The minimum atomic E-state index is -0.161. The fourth-order valence-corrected chi connectivity index (χ4v) is 4.12. The van der Waals surface area contributed by atoms with Gasteiger partial charge in [-0.1, -0.05) is 17.7 Å². The summed E-state index contributed by atoms with van der Waals surface area (Å²) in [5, 5.41) is 27.2. The van der Waals surface area contributed by atoms with Crippen LogP contribution in [0.4, 0.5) is 0 Å². The molecule has 0 unspecified atom stereocenters. The molecule has 0 radical (unpaired) electrons. The zero-order valence-electron chi connectivity index (χ0n) is 18.8. The number of nitriles is 1. The third kappa shape index (κ3) is 5.21. The molecule has 0 bridgehead atoms. The molecule has 0 saturated carbocycles. The standard InChI is InChI=1S/C25H28N6O2/c1-18-5-6-19(15-26)7-9-21(18)22-17-29-31(25(22)33)23-10-8-20(16-28-23)24(32)27-11-4-14-30-12-2-3-13-30/h6-10,16-17,33H,2-5,11-14H2,1H3,(H,27,32). The van der Waals surface area contributed by atoms with E-state index in [-0.39, 0.29) is 11.8 Å². The second kappa shape index (κ2) is 10.3. The molecule has 1 saturated heterocycles. The molecule has 2 aromatic rings. The van der Waals surface area contributed by atoms with Crippen molar-refractivity contribution in [3.63, 3.8) is 0 Å². The van der Waals surface area contributed by atoms with Crippen LogP contribution in [0.15, 0.2) is 53.9 Å². The van der Waals surface area contributed by atoms with Crippen molar-refractivity contribution in [3.05, 3.63) is 65.0 Å². The molecule has 1 amide bonds. The van der Waals surface area contributed by atoms with Crippen molar-refractivity contribution >= 4 is 11.5 Å². The van der Waals surface area contributed by atoms with Gasteiger partial charge in [0.15, 0.2) is 5.82 Å². The summed E-state index contributed by atoms with van der Waals surface area (Å²) in [6, 6.07) is 5.49. The molecule has 0 aromatic carbocycles. The normalized spacial score (nSPS) is 16.4. The summed E-state index contributed by atoms with van der Waals surface area (Å²) >= 11 is 0. The van der Waals surface area contributed by atoms with Crippen LogP contribution >= 0.6 is 0 Å². The Morgan fingerprint density at radius 1 is 1.24 bits per heavy atom. The van der Waals surface area contributed by atoms with Gasteiger partial charge in [-0.15, -0.1) is 0 Å². The Balaban J connectivity index is 1.40. The van der Waals surface area contributed by atoms with Crippen LogP contribution in [0, 0.1) is 11.3 Å². The fraction of sp³-hybridized carbons (Fsp3) is 0.360. The minimum absolute atomic E-state index is 0.0407. The predicted octanol–water partition coefficient (Wildman–Crippen LogP) is 3.37. The lowest BCUT2D eigenvalue weighted by Gasteiger charge is -2.14. The molecule has 4 rings (SSSR count). The summed E-state index contributed by atoms with van der Waals surface area (Å²) in [6.07, 6.45) is 12.6. The summed E-state index contributed by atoms with van der Waals surface area (Å²) in [7, 11) is 0. The van der Waals surface area contributed by atoms with Gasteiger partial charge in [-0.2, -0.15) is 15.0 Å². The van der Waals surface area contributed by atoms with Crippen LogP contribution < -0.4 is 5.32 Å². The van der Waals surface area contributed by atoms with E-state index in [9.17, 15) is 9.90 Å². The van der Waals surface area contributed by atoms with Gasteiger partial charge in [-0.05, 0) is 76.0 Å². The number of likely N-dealkylation sites (tertiary alicyclic amines) is 1. The Hall–Kier alpha value is -3.70. The van der Waals surface area contributed by atoms with E-state index in [2.05, 4.69) is 26.4 Å². The summed E-state index contributed by atoms with van der Waals surface area (Å²) in [6.45, 7) is 5.92. The van der Waals surface area contributed by atoms with Crippen molar-refractivity contribution in [1.29, 1.82) is 5.26 Å². The predicted molar refractivity (Wildman–Crippen MR) is 126 cm³/mol. The molecule has 1 aliphatic heterocycles. The summed E-state index contributed by atoms with van der Waals surface area (Å²) in [5.74, 6) is 0.211. The van der Waals surface area contributed by atoms with Gasteiger partial charge in [0.05, 0.1) is 23.4 Å². The van der Waals surface area contributed by atoms with E-state index >= 15 is 0 Å². The van der Waals surface area contributed by atoms with Gasteiger partial charge in [0, 0.05) is 18.3 Å². The minimum Gasteiger partial charge on any atom is -0.493 e. The maximum atomic E-state index is 12.4. The Labute approximate surface area is 193 Å². The Kier molecular flexibility index (Phi) is 7.01. The highest BCUT2D eigenvalue weighted by molar-refractivity contribution is 5.93. The molecular formula is C25H28N6O2. The van der Waals surface area contributed by atoms with E-state index in [0.717, 1.165) is 37.2 Å². The summed E-state index contributed by atoms with van der Waals surface area (Å²) in [4.78, 5) is 19.2. The summed E-state index contributed by atoms with van der Waals surface area (Å²) in [5.41, 5.74) is 3.47. The van der Waals surface area contributed by atoms with E-state index in [1.54, 1.807) is 24.4 Å². The number of allylic oxidation sites excluding steroid dienone is 6. The average molecular weight is 445 g/mol. The highest BCUT2D eigenvalue weighted by Crippen LogP contribution is 2.32. The molecule has 0 spiro atoms. The number of carbonyl (C=O) groups excluding carboxylic acids is 1. The third-order valence-electron chi connectivity index (χ3n) is 6.04. The first kappa shape index (κ1) is 22.5. The van der Waals surface area contributed by atoms with Gasteiger partial charge in [-0.3, -0.25) is 4.79 Å². The van der Waals surface area contributed by atoms with Crippen LogP contribution in [0.2, 0.25) is 0 Å². The first-order valence-corrected chi connectivity index (χ1v) is 11.3. The molecule has 2 N–H and O–H groups in total. The van der Waals surface area contributed by atoms with E-state index in [0.29, 0.717) is 35.5 Å². The highest BCUT2D eigenvalue weighted by atomic mass is 16.3. The third-order valence-corrected chi connectivity index (χ3v) is 6.04. The Morgan fingerprint density at radius 3 is 2.79 bits per heavy atom. The van der Waals surface area contributed by atoms with Gasteiger partial charge < -0.3 is 15.3 Å². The van der Waals surface area contributed by atoms with Crippen molar-refractivity contribution in [3.8, 4) is 17.8 Å². The van der Waals surface area contributed by atoms with Crippen LogP contribution in [0.1, 0.15) is 48.5 Å². The van der Waals surface area contributed by atoms with Crippen LogP contribution in [-0.4, -0.2) is 56.9 Å². The molecule has 1 fully saturated rings. The van der Waals surface area contributed by atoms with Crippen LogP contribution in [0.5, 0.6) is 5.88 Å². The van der Waals surface area contributed by atoms with Crippen LogP contribution in [-0.2, 0) is 0 Å². The maximum absolute atomic E-state index is 12.4. The SMILES string of the molecule is CC1=C(c2cnn(-c3ccc(C(=O)NCCCN4CCCC4)cn3)c2O)C=CC(C#N)=CC1. The average Bonchev–Trinajstić information content (AvgIpc) is 3.44. The number of carbonyl (C=O) groups is 1. The van der Waals surface area contributed by atoms with Crippen molar-refractivity contribution < 1.29 is 9.90 Å². The topological polar surface area (TPSA) is 107 Å². The van der Waals surface area contributed by atoms with Gasteiger partial charge in [-0.25, -0.2) is 4.98 Å². The van der Waals surface area contributed by atoms with Crippen molar-refractivity contribution in [1.82, 2.24) is 25.0 Å². The molecule has 33 heavy (non-hydrogen) atoms. The number of amides is 1. The van der Waals surface area contributed by atoms with Gasteiger partial charge >= 0.3 is 0 Å². The van der Waals surface area contributed by atoms with Crippen LogP contribution in [0.25, 0.3) is 11.4 Å². The number of nitrogens with zero attached hydrogens (tertiary/aromatic N) is 5. The molecule has 3 heterocycles. The number of nitrogens with one attached hydrogen (secondary N) is 1. The highest BCUT2D eigenvalue weighted by Gasteiger charge is 2.18. The fourth-order valence-electron chi connectivity index (χ4n) is 4.12. The van der Waals surface area contributed by atoms with E-state index in [1.807, 2.05) is 19.1 Å². The molecule has 2 aromatic heterocycles.